The van der Waals surface area contributed by atoms with Gasteiger partial charge in [-0.2, -0.15) is 0 Å². The van der Waals surface area contributed by atoms with Gasteiger partial charge in [-0.3, -0.25) is 4.79 Å². The minimum absolute atomic E-state index is 0.0385. The zero-order chi connectivity index (χ0) is 10.9. The zero-order valence-corrected chi connectivity index (χ0v) is 8.53. The van der Waals surface area contributed by atoms with Crippen LogP contribution in [-0.2, 0) is 0 Å². The molecule has 0 unspecified atom stereocenters. The van der Waals surface area contributed by atoms with E-state index >= 15 is 0 Å². The molecule has 3 heteroatoms. The summed E-state index contributed by atoms with van der Waals surface area (Å²) in [5.74, 6) is -0.555. The number of aryl methyl sites for hydroxylation is 1. The molecule has 0 atom stereocenters. The van der Waals surface area contributed by atoms with Crippen molar-refractivity contribution in [3.63, 3.8) is 0 Å². The Morgan fingerprint density at radius 1 is 1.29 bits per heavy atom. The Morgan fingerprint density at radius 2 is 1.86 bits per heavy atom. The molecule has 1 aromatic rings. The average Bonchev–Trinajstić information content (AvgIpc) is 2.12. The molecule has 0 saturated heterocycles. The highest BCUT2D eigenvalue weighted by Crippen LogP contribution is 2.30. The number of carbonyl (C=O) groups is 1. The summed E-state index contributed by atoms with van der Waals surface area (Å²) >= 11 is 0. The molecule has 0 aromatic heterocycles. The van der Waals surface area contributed by atoms with Gasteiger partial charge >= 0.3 is 0 Å². The number of benzene rings is 1. The van der Waals surface area contributed by atoms with Crippen molar-refractivity contribution in [2.75, 3.05) is 0 Å². The summed E-state index contributed by atoms with van der Waals surface area (Å²) < 4.78 is 0. The molecule has 0 fully saturated rings. The maximum Gasteiger partial charge on any atom is 0.165 e. The van der Waals surface area contributed by atoms with Crippen LogP contribution in [0.5, 0.6) is 11.5 Å². The molecule has 0 radical (unpaired) electrons. The van der Waals surface area contributed by atoms with Crippen LogP contribution in [0.3, 0.4) is 0 Å². The van der Waals surface area contributed by atoms with Crippen LogP contribution in [0.15, 0.2) is 12.1 Å². The molecular weight excluding hydrogens is 180 g/mol. The van der Waals surface area contributed by atoms with Crippen molar-refractivity contribution in [2.24, 2.45) is 5.92 Å². The summed E-state index contributed by atoms with van der Waals surface area (Å²) in [5, 5.41) is 18.6. The summed E-state index contributed by atoms with van der Waals surface area (Å²) in [6.07, 6.45) is 0. The van der Waals surface area contributed by atoms with Gasteiger partial charge < -0.3 is 10.2 Å². The third kappa shape index (κ3) is 1.87. The fourth-order valence-electron chi connectivity index (χ4n) is 1.24. The topological polar surface area (TPSA) is 57.5 Å². The molecule has 1 rings (SSSR count). The van der Waals surface area contributed by atoms with E-state index in [9.17, 15) is 15.0 Å². The highest BCUT2D eigenvalue weighted by atomic mass is 16.3. The number of Topliss-reactive ketones (excluding diaryl/α,β-unsaturated/α-hetero) is 1. The van der Waals surface area contributed by atoms with E-state index in [0.717, 1.165) is 0 Å². The van der Waals surface area contributed by atoms with E-state index in [2.05, 4.69) is 0 Å². The molecule has 14 heavy (non-hydrogen) atoms. The Hall–Kier alpha value is -1.51. The van der Waals surface area contributed by atoms with Gasteiger partial charge in [0.25, 0.3) is 0 Å². The molecule has 3 nitrogen and oxygen atoms in total. The number of hydrogen-bond donors (Lipinski definition) is 2. The molecule has 0 aliphatic carbocycles. The van der Waals surface area contributed by atoms with E-state index in [0.29, 0.717) is 11.1 Å². The smallest absolute Gasteiger partial charge is 0.165 e. The van der Waals surface area contributed by atoms with Crippen LogP contribution >= 0.6 is 0 Å². The van der Waals surface area contributed by atoms with Gasteiger partial charge in [0.1, 0.15) is 0 Å². The minimum Gasteiger partial charge on any atom is -0.504 e. The lowest BCUT2D eigenvalue weighted by Gasteiger charge is -2.07. The minimum atomic E-state index is -0.242. The van der Waals surface area contributed by atoms with Crippen molar-refractivity contribution in [3.05, 3.63) is 23.3 Å². The molecule has 76 valence electrons. The van der Waals surface area contributed by atoms with Crippen LogP contribution in [-0.4, -0.2) is 16.0 Å². The molecule has 1 aromatic carbocycles. The van der Waals surface area contributed by atoms with Crippen LogP contribution < -0.4 is 0 Å². The first-order valence-corrected chi connectivity index (χ1v) is 4.50. The van der Waals surface area contributed by atoms with Gasteiger partial charge in [-0.25, -0.2) is 0 Å². The molecule has 2 N–H and O–H groups in total. The van der Waals surface area contributed by atoms with Gasteiger partial charge in [-0.1, -0.05) is 13.8 Å². The number of aromatic hydroxyl groups is 2. The molecule has 0 aliphatic heterocycles. The second-order valence-electron chi connectivity index (χ2n) is 3.68. The first kappa shape index (κ1) is 10.6. The van der Waals surface area contributed by atoms with Crippen molar-refractivity contribution >= 4 is 5.78 Å². The summed E-state index contributed by atoms with van der Waals surface area (Å²) in [6, 6.07) is 2.88. The lowest BCUT2D eigenvalue weighted by molar-refractivity contribution is 0.0939. The first-order chi connectivity index (χ1) is 6.43. The molecule has 0 aliphatic rings. The molecule has 0 spiro atoms. The number of rotatable bonds is 2. The Balaban J connectivity index is 3.19. The summed E-state index contributed by atoms with van der Waals surface area (Å²) in [7, 11) is 0. The highest BCUT2D eigenvalue weighted by Gasteiger charge is 2.14. The first-order valence-electron chi connectivity index (χ1n) is 4.50. The Kier molecular flexibility index (Phi) is 2.79. The van der Waals surface area contributed by atoms with E-state index in [-0.39, 0.29) is 23.2 Å². The second kappa shape index (κ2) is 3.70. The Labute approximate surface area is 83.0 Å². The molecule has 0 bridgehead atoms. The van der Waals surface area contributed by atoms with Crippen LogP contribution in [0, 0.1) is 12.8 Å². The van der Waals surface area contributed by atoms with E-state index in [1.165, 1.54) is 6.07 Å². The van der Waals surface area contributed by atoms with Gasteiger partial charge in [0.2, 0.25) is 0 Å². The number of hydrogen-bond acceptors (Lipinski definition) is 3. The molecule has 0 saturated carbocycles. The largest absolute Gasteiger partial charge is 0.504 e. The third-order valence-electron chi connectivity index (χ3n) is 2.09. The summed E-state index contributed by atoms with van der Waals surface area (Å²) in [5.41, 5.74) is 0.946. The van der Waals surface area contributed by atoms with Gasteiger partial charge in [-0.05, 0) is 24.6 Å². The number of phenols is 2. The molecular formula is C11H14O3. The van der Waals surface area contributed by atoms with Gasteiger partial charge in [0.15, 0.2) is 17.3 Å². The number of ketones is 1. The van der Waals surface area contributed by atoms with Gasteiger partial charge in [0.05, 0.1) is 0 Å². The van der Waals surface area contributed by atoms with Gasteiger partial charge in [0, 0.05) is 11.5 Å². The SMILES string of the molecule is Cc1cc(C(=O)C(C)C)cc(O)c1O. The highest BCUT2D eigenvalue weighted by molar-refractivity contribution is 5.98. The van der Waals surface area contributed by atoms with Crippen molar-refractivity contribution in [3.8, 4) is 11.5 Å². The monoisotopic (exact) mass is 194 g/mol. The van der Waals surface area contributed by atoms with Gasteiger partial charge in [-0.15, -0.1) is 0 Å². The van der Waals surface area contributed by atoms with Crippen LogP contribution in [0.2, 0.25) is 0 Å². The van der Waals surface area contributed by atoms with E-state index in [1.54, 1.807) is 26.8 Å². The molecule has 0 amide bonds. The number of carbonyl (C=O) groups excluding carboxylic acids is 1. The Bertz CT molecular complexity index is 344. The molecule has 0 heterocycles. The van der Waals surface area contributed by atoms with Crippen molar-refractivity contribution in [1.29, 1.82) is 0 Å². The van der Waals surface area contributed by atoms with Crippen molar-refractivity contribution in [1.82, 2.24) is 0 Å². The van der Waals surface area contributed by atoms with E-state index < -0.39 is 0 Å². The standard InChI is InChI=1S/C11H14O3/c1-6(2)10(13)8-4-7(3)11(14)9(12)5-8/h4-6,12,14H,1-3H3. The fraction of sp³-hybridized carbons (Fsp3) is 0.364. The lowest BCUT2D eigenvalue weighted by atomic mass is 9.99. The fourth-order valence-corrected chi connectivity index (χ4v) is 1.24. The quantitative estimate of drug-likeness (QED) is 0.560. The predicted octanol–water partition coefficient (Wildman–Crippen LogP) is 2.24. The third-order valence-corrected chi connectivity index (χ3v) is 2.09. The second-order valence-corrected chi connectivity index (χ2v) is 3.68. The normalized spacial score (nSPS) is 10.6. The maximum absolute atomic E-state index is 11.6. The Morgan fingerprint density at radius 3 is 2.29 bits per heavy atom. The van der Waals surface area contributed by atoms with E-state index in [1.807, 2.05) is 0 Å². The van der Waals surface area contributed by atoms with Crippen LogP contribution in [0.25, 0.3) is 0 Å². The van der Waals surface area contributed by atoms with Crippen molar-refractivity contribution < 1.29 is 15.0 Å². The summed E-state index contributed by atoms with van der Waals surface area (Å²) in [6.45, 7) is 5.23. The maximum atomic E-state index is 11.6. The van der Waals surface area contributed by atoms with Crippen LogP contribution in [0.1, 0.15) is 29.8 Å². The van der Waals surface area contributed by atoms with Crippen LogP contribution in [0.4, 0.5) is 0 Å². The average molecular weight is 194 g/mol. The number of phenolic OH excluding ortho intramolecular Hbond substituents is 2. The predicted molar refractivity (Wildman–Crippen MR) is 53.7 cm³/mol. The van der Waals surface area contributed by atoms with E-state index in [4.69, 9.17) is 0 Å². The van der Waals surface area contributed by atoms with Crippen molar-refractivity contribution in [2.45, 2.75) is 20.8 Å². The summed E-state index contributed by atoms with van der Waals surface area (Å²) in [4.78, 5) is 11.6. The lowest BCUT2D eigenvalue weighted by Crippen LogP contribution is -2.07. The zero-order valence-electron chi connectivity index (χ0n) is 8.53.